The molecule has 25 heavy (non-hydrogen) atoms. The Morgan fingerprint density at radius 2 is 1.56 bits per heavy atom. The minimum absolute atomic E-state index is 0.253. The summed E-state index contributed by atoms with van der Waals surface area (Å²) in [7, 11) is 1.67. The van der Waals surface area contributed by atoms with Crippen LogP contribution >= 0.6 is 0 Å². The van der Waals surface area contributed by atoms with Crippen LogP contribution in [-0.4, -0.2) is 38.9 Å². The summed E-state index contributed by atoms with van der Waals surface area (Å²) in [6, 6.07) is 6.61. The van der Waals surface area contributed by atoms with E-state index in [0.29, 0.717) is 19.8 Å². The molecule has 5 heteroatoms. The maximum atomic E-state index is 12.4. The van der Waals surface area contributed by atoms with Gasteiger partial charge in [0.1, 0.15) is 0 Å². The van der Waals surface area contributed by atoms with E-state index in [2.05, 4.69) is 6.92 Å². The van der Waals surface area contributed by atoms with Gasteiger partial charge in [0.2, 0.25) is 0 Å². The van der Waals surface area contributed by atoms with Crippen molar-refractivity contribution in [3.8, 4) is 0 Å². The number of methoxy groups -OCH3 is 1. The second-order valence-corrected chi connectivity index (χ2v) is 6.07. The van der Waals surface area contributed by atoms with Gasteiger partial charge in [0.25, 0.3) is 0 Å². The van der Waals surface area contributed by atoms with Crippen LogP contribution in [0.25, 0.3) is 0 Å². The quantitative estimate of drug-likeness (QED) is 0.527. The molecule has 1 unspecified atom stereocenters. The molecule has 1 aromatic carbocycles. The third-order valence-corrected chi connectivity index (χ3v) is 3.95. The van der Waals surface area contributed by atoms with Gasteiger partial charge in [-0.3, -0.25) is 0 Å². The van der Waals surface area contributed by atoms with Gasteiger partial charge in [-0.2, -0.15) is 0 Å². The van der Waals surface area contributed by atoms with Gasteiger partial charge in [-0.1, -0.05) is 38.8 Å². The lowest BCUT2D eigenvalue weighted by Gasteiger charge is -2.17. The summed E-state index contributed by atoms with van der Waals surface area (Å²) in [5, 5.41) is 0. The van der Waals surface area contributed by atoms with Gasteiger partial charge in [-0.25, -0.2) is 9.59 Å². The van der Waals surface area contributed by atoms with Gasteiger partial charge in [0.05, 0.1) is 24.3 Å². The number of carbonyl (C=O) groups excluding carboxylic acids is 2. The Bertz CT molecular complexity index is 519. The highest BCUT2D eigenvalue weighted by atomic mass is 16.5. The normalized spacial score (nSPS) is 11.8. The van der Waals surface area contributed by atoms with Crippen LogP contribution in [0.4, 0.5) is 0 Å². The van der Waals surface area contributed by atoms with Crippen molar-refractivity contribution in [2.45, 2.75) is 46.0 Å². The summed E-state index contributed by atoms with van der Waals surface area (Å²) in [5.74, 6) is -0.706. The third-order valence-electron chi connectivity index (χ3n) is 3.95. The Balaban J connectivity index is 2.70. The fourth-order valence-electron chi connectivity index (χ4n) is 2.47. The molecule has 0 spiro atoms. The van der Waals surface area contributed by atoms with Gasteiger partial charge in [-0.15, -0.1) is 0 Å². The van der Waals surface area contributed by atoms with Crippen LogP contribution in [0.3, 0.4) is 0 Å². The summed E-state index contributed by atoms with van der Waals surface area (Å²) in [6.45, 7) is 5.37. The van der Waals surface area contributed by atoms with Crippen molar-refractivity contribution in [2.75, 3.05) is 26.9 Å². The molecule has 0 heterocycles. The molecule has 5 nitrogen and oxygen atoms in total. The molecule has 140 valence electrons. The Morgan fingerprint density at radius 1 is 0.920 bits per heavy atom. The molecule has 0 saturated heterocycles. The van der Waals surface area contributed by atoms with E-state index in [1.54, 1.807) is 31.4 Å². The van der Waals surface area contributed by atoms with Crippen molar-refractivity contribution >= 4 is 11.9 Å². The van der Waals surface area contributed by atoms with Crippen molar-refractivity contribution in [3.63, 3.8) is 0 Å². The minimum atomic E-state index is -0.490. The van der Waals surface area contributed by atoms with Crippen LogP contribution in [0, 0.1) is 5.92 Å². The molecular weight excluding hydrogens is 320 g/mol. The summed E-state index contributed by atoms with van der Waals surface area (Å²) in [5.41, 5.74) is 0.507. The molecule has 0 aromatic heterocycles. The van der Waals surface area contributed by atoms with Gasteiger partial charge >= 0.3 is 11.9 Å². The van der Waals surface area contributed by atoms with E-state index in [-0.39, 0.29) is 17.0 Å². The van der Waals surface area contributed by atoms with Crippen molar-refractivity contribution in [1.82, 2.24) is 0 Å². The zero-order valence-electron chi connectivity index (χ0n) is 15.6. The largest absolute Gasteiger partial charge is 0.462 e. The van der Waals surface area contributed by atoms with E-state index < -0.39 is 11.9 Å². The molecule has 1 rings (SSSR count). The average Bonchev–Trinajstić information content (AvgIpc) is 2.65. The van der Waals surface area contributed by atoms with Crippen molar-refractivity contribution in [3.05, 3.63) is 35.4 Å². The van der Waals surface area contributed by atoms with E-state index >= 15 is 0 Å². The van der Waals surface area contributed by atoms with Crippen LogP contribution in [0.5, 0.6) is 0 Å². The zero-order chi connectivity index (χ0) is 18.5. The lowest BCUT2D eigenvalue weighted by atomic mass is 10.00. The van der Waals surface area contributed by atoms with Crippen LogP contribution in [0.15, 0.2) is 24.3 Å². The smallest absolute Gasteiger partial charge is 0.339 e. The molecule has 1 atom stereocenters. The van der Waals surface area contributed by atoms with E-state index in [0.717, 1.165) is 32.1 Å². The molecule has 0 amide bonds. The van der Waals surface area contributed by atoms with E-state index in [1.807, 2.05) is 6.92 Å². The number of esters is 2. The Hall–Kier alpha value is -1.88. The number of benzene rings is 1. The topological polar surface area (TPSA) is 61.8 Å². The Labute approximate surface area is 150 Å². The van der Waals surface area contributed by atoms with E-state index in [4.69, 9.17) is 14.2 Å². The molecule has 0 aliphatic heterocycles. The number of ether oxygens (including phenoxy) is 3. The lowest BCUT2D eigenvalue weighted by molar-refractivity contribution is 0.0382. The Kier molecular flexibility index (Phi) is 10.6. The SMILES string of the molecule is CCCCC(CCOC)COC(=O)c1ccccc1C(=O)OCCC. The van der Waals surface area contributed by atoms with Crippen LogP contribution in [-0.2, 0) is 14.2 Å². The van der Waals surface area contributed by atoms with Crippen LogP contribution in [0.1, 0.15) is 66.7 Å². The highest BCUT2D eigenvalue weighted by molar-refractivity contribution is 6.03. The average molecular weight is 350 g/mol. The summed E-state index contributed by atoms with van der Waals surface area (Å²) in [4.78, 5) is 24.5. The fraction of sp³-hybridized carbons (Fsp3) is 0.600. The first kappa shape index (κ1) is 21.2. The highest BCUT2D eigenvalue weighted by Gasteiger charge is 2.20. The summed E-state index contributed by atoms with van der Waals surface area (Å²) >= 11 is 0. The number of carbonyl (C=O) groups is 2. The van der Waals surface area contributed by atoms with Gasteiger partial charge < -0.3 is 14.2 Å². The van der Waals surface area contributed by atoms with Gasteiger partial charge in [0, 0.05) is 13.7 Å². The van der Waals surface area contributed by atoms with E-state index in [9.17, 15) is 9.59 Å². The predicted octanol–water partition coefficient (Wildman–Crippen LogP) is 4.25. The van der Waals surface area contributed by atoms with Crippen molar-refractivity contribution in [1.29, 1.82) is 0 Å². The standard InChI is InChI=1S/C20H30O5/c1-4-6-9-16(12-14-23-3)15-25-20(22)18-11-8-7-10-17(18)19(21)24-13-5-2/h7-8,10-11,16H,4-6,9,12-15H2,1-3H3. The third kappa shape index (κ3) is 7.69. The molecule has 0 aliphatic carbocycles. The second kappa shape index (κ2) is 12.5. The Morgan fingerprint density at radius 3 is 2.12 bits per heavy atom. The first-order valence-corrected chi connectivity index (χ1v) is 9.06. The number of hydrogen-bond acceptors (Lipinski definition) is 5. The molecule has 0 bridgehead atoms. The predicted molar refractivity (Wildman–Crippen MR) is 96.8 cm³/mol. The molecule has 0 fully saturated rings. The zero-order valence-corrected chi connectivity index (χ0v) is 15.6. The van der Waals surface area contributed by atoms with Crippen molar-refractivity contribution in [2.24, 2.45) is 5.92 Å². The number of unbranched alkanes of at least 4 members (excludes halogenated alkanes) is 1. The highest BCUT2D eigenvalue weighted by Crippen LogP contribution is 2.17. The molecule has 0 N–H and O–H groups in total. The van der Waals surface area contributed by atoms with Gasteiger partial charge in [0.15, 0.2) is 0 Å². The molecule has 1 aromatic rings. The lowest BCUT2D eigenvalue weighted by Crippen LogP contribution is -2.19. The summed E-state index contributed by atoms with van der Waals surface area (Å²) in [6.07, 6.45) is 4.77. The molecule has 0 aliphatic rings. The second-order valence-electron chi connectivity index (χ2n) is 6.07. The van der Waals surface area contributed by atoms with Crippen molar-refractivity contribution < 1.29 is 23.8 Å². The van der Waals surface area contributed by atoms with E-state index in [1.165, 1.54) is 0 Å². The number of hydrogen-bond donors (Lipinski definition) is 0. The molecule has 0 radical (unpaired) electrons. The minimum Gasteiger partial charge on any atom is -0.462 e. The maximum Gasteiger partial charge on any atom is 0.339 e. The van der Waals surface area contributed by atoms with Crippen LogP contribution < -0.4 is 0 Å². The monoisotopic (exact) mass is 350 g/mol. The molecular formula is C20H30O5. The first-order chi connectivity index (χ1) is 12.1. The number of rotatable bonds is 12. The van der Waals surface area contributed by atoms with Gasteiger partial charge in [-0.05, 0) is 37.3 Å². The maximum absolute atomic E-state index is 12.4. The summed E-state index contributed by atoms with van der Waals surface area (Å²) < 4.78 is 15.7. The first-order valence-electron chi connectivity index (χ1n) is 9.06. The van der Waals surface area contributed by atoms with Crippen LogP contribution in [0.2, 0.25) is 0 Å². The molecule has 0 saturated carbocycles. The fourth-order valence-corrected chi connectivity index (χ4v) is 2.47.